The lowest BCUT2D eigenvalue weighted by molar-refractivity contribution is -0.0329. The molecule has 1 atom stereocenters. The van der Waals surface area contributed by atoms with Crippen molar-refractivity contribution in [3.63, 3.8) is 0 Å². The molecule has 1 saturated heterocycles. The summed E-state index contributed by atoms with van der Waals surface area (Å²) in [5.41, 5.74) is -1.55. The van der Waals surface area contributed by atoms with E-state index in [0.717, 1.165) is 13.2 Å². The second kappa shape index (κ2) is 9.72. The lowest BCUT2D eigenvalue weighted by atomic mass is 9.99. The minimum absolute atomic E-state index is 0.0356. The zero-order valence-corrected chi connectivity index (χ0v) is 19.5. The Bertz CT molecular complexity index is 874. The van der Waals surface area contributed by atoms with Crippen molar-refractivity contribution in [3.8, 4) is 0 Å². The number of rotatable bonds is 3. The third-order valence-electron chi connectivity index (χ3n) is 4.30. The van der Waals surface area contributed by atoms with Crippen LogP contribution in [0.15, 0.2) is 12.1 Å². The predicted molar refractivity (Wildman–Crippen MR) is 114 cm³/mol. The molecule has 1 N–H and O–H groups in total. The van der Waals surface area contributed by atoms with Gasteiger partial charge in [-0.25, -0.2) is 18.8 Å². The van der Waals surface area contributed by atoms with Gasteiger partial charge in [0.15, 0.2) is 0 Å². The summed E-state index contributed by atoms with van der Waals surface area (Å²) >= 11 is 0. The van der Waals surface area contributed by atoms with Gasteiger partial charge >= 0.3 is 18.2 Å². The highest BCUT2D eigenvalue weighted by Crippen LogP contribution is 2.34. The van der Waals surface area contributed by atoms with Crippen molar-refractivity contribution in [1.29, 1.82) is 0 Å². The largest absolute Gasteiger partial charge is 0.465 e. The number of nitrogens with one attached hydrogen (secondary N) is 1. The first-order chi connectivity index (χ1) is 14.7. The summed E-state index contributed by atoms with van der Waals surface area (Å²) < 4.78 is 35.6. The lowest BCUT2D eigenvalue weighted by Crippen LogP contribution is -2.46. The van der Waals surface area contributed by atoms with E-state index >= 15 is 0 Å². The second-order valence-corrected chi connectivity index (χ2v) is 9.30. The number of esters is 1. The Morgan fingerprint density at radius 1 is 1.09 bits per heavy atom. The molecule has 0 radical (unpaired) electrons. The SMILES string of the molecule is COC(=O)c1cc([C@H]2COCCN2C(=O)OC(C)(C)C)c(NC(=O)OC(C)(C)C)cc1F. The number of hydrogen-bond acceptors (Lipinski definition) is 7. The smallest absolute Gasteiger partial charge is 0.412 e. The van der Waals surface area contributed by atoms with E-state index in [-0.39, 0.29) is 36.6 Å². The Hall–Kier alpha value is -2.88. The first kappa shape index (κ1) is 25.4. The monoisotopic (exact) mass is 454 g/mol. The highest BCUT2D eigenvalue weighted by molar-refractivity contribution is 5.92. The number of anilines is 1. The number of carbonyl (C=O) groups is 3. The van der Waals surface area contributed by atoms with Gasteiger partial charge in [0.05, 0.1) is 37.6 Å². The molecule has 9 nitrogen and oxygen atoms in total. The highest BCUT2D eigenvalue weighted by Gasteiger charge is 2.35. The van der Waals surface area contributed by atoms with Gasteiger partial charge in [0.25, 0.3) is 0 Å². The molecule has 1 aliphatic rings. The van der Waals surface area contributed by atoms with E-state index in [1.807, 2.05) is 0 Å². The average Bonchev–Trinajstić information content (AvgIpc) is 2.64. The van der Waals surface area contributed by atoms with Crippen molar-refractivity contribution in [1.82, 2.24) is 4.90 Å². The van der Waals surface area contributed by atoms with Crippen LogP contribution in [-0.2, 0) is 18.9 Å². The standard InChI is InChI=1S/C22H31FN2O7/c1-21(2,3)31-19(27)24-16-11-15(23)13(18(26)29-7)10-14(16)17-12-30-9-8-25(17)20(28)32-22(4,5)6/h10-11,17H,8-9,12H2,1-7H3,(H,24,27)/t17-/m1/s1. The Morgan fingerprint density at radius 3 is 2.28 bits per heavy atom. The Labute approximate surface area is 187 Å². The van der Waals surface area contributed by atoms with Gasteiger partial charge in [-0.1, -0.05) is 0 Å². The third-order valence-corrected chi connectivity index (χ3v) is 4.30. The fourth-order valence-electron chi connectivity index (χ4n) is 3.05. The van der Waals surface area contributed by atoms with Gasteiger partial charge in [-0.2, -0.15) is 0 Å². The molecule has 0 saturated carbocycles. The topological polar surface area (TPSA) is 103 Å². The third kappa shape index (κ3) is 6.81. The number of hydrogen-bond donors (Lipinski definition) is 1. The van der Waals surface area contributed by atoms with Crippen molar-refractivity contribution in [2.75, 3.05) is 32.2 Å². The second-order valence-electron chi connectivity index (χ2n) is 9.30. The maximum Gasteiger partial charge on any atom is 0.412 e. The van der Waals surface area contributed by atoms with Crippen LogP contribution >= 0.6 is 0 Å². The van der Waals surface area contributed by atoms with Crippen LogP contribution < -0.4 is 5.32 Å². The van der Waals surface area contributed by atoms with Crippen molar-refractivity contribution in [2.24, 2.45) is 0 Å². The van der Waals surface area contributed by atoms with E-state index in [2.05, 4.69) is 10.1 Å². The molecular formula is C22H31FN2O7. The molecule has 10 heteroatoms. The first-order valence-corrected chi connectivity index (χ1v) is 10.2. The van der Waals surface area contributed by atoms with E-state index in [1.165, 1.54) is 11.0 Å². The number of benzene rings is 1. The molecule has 0 bridgehead atoms. The molecule has 2 rings (SSSR count). The number of morpholine rings is 1. The number of ether oxygens (including phenoxy) is 4. The minimum atomic E-state index is -0.896. The average molecular weight is 454 g/mol. The van der Waals surface area contributed by atoms with Crippen LogP contribution in [0.3, 0.4) is 0 Å². The molecular weight excluding hydrogens is 423 g/mol. The van der Waals surface area contributed by atoms with Crippen LogP contribution in [-0.4, -0.2) is 61.1 Å². The van der Waals surface area contributed by atoms with E-state index in [4.69, 9.17) is 14.2 Å². The van der Waals surface area contributed by atoms with E-state index in [1.54, 1.807) is 41.5 Å². The van der Waals surface area contributed by atoms with Crippen molar-refractivity contribution < 1.29 is 37.7 Å². The van der Waals surface area contributed by atoms with Gasteiger partial charge in [-0.15, -0.1) is 0 Å². The molecule has 32 heavy (non-hydrogen) atoms. The fourth-order valence-corrected chi connectivity index (χ4v) is 3.05. The van der Waals surface area contributed by atoms with Crippen molar-refractivity contribution in [2.45, 2.75) is 58.8 Å². The van der Waals surface area contributed by atoms with Crippen LogP contribution in [0.5, 0.6) is 0 Å². The van der Waals surface area contributed by atoms with Crippen LogP contribution in [0, 0.1) is 5.82 Å². The van der Waals surface area contributed by atoms with Gasteiger partial charge in [0.1, 0.15) is 17.0 Å². The van der Waals surface area contributed by atoms with Crippen LogP contribution in [0.4, 0.5) is 19.7 Å². The zero-order valence-electron chi connectivity index (χ0n) is 19.5. The summed E-state index contributed by atoms with van der Waals surface area (Å²) in [6.45, 7) is 10.8. The maximum absolute atomic E-state index is 14.7. The van der Waals surface area contributed by atoms with E-state index < -0.39 is 41.2 Å². The zero-order chi connectivity index (χ0) is 24.3. The Balaban J connectivity index is 2.51. The fraction of sp³-hybridized carbons (Fsp3) is 0.591. The summed E-state index contributed by atoms with van der Waals surface area (Å²) in [5, 5.41) is 2.51. The minimum Gasteiger partial charge on any atom is -0.465 e. The normalized spacial score (nSPS) is 16.9. The number of halogens is 1. The number of amides is 2. The molecule has 178 valence electrons. The molecule has 0 aliphatic carbocycles. The molecule has 1 aromatic rings. The van der Waals surface area contributed by atoms with Crippen LogP contribution in [0.1, 0.15) is 63.5 Å². The summed E-state index contributed by atoms with van der Waals surface area (Å²) in [6, 6.07) is 1.48. The van der Waals surface area contributed by atoms with Crippen LogP contribution in [0.25, 0.3) is 0 Å². The highest BCUT2D eigenvalue weighted by atomic mass is 19.1. The number of nitrogens with zero attached hydrogens (tertiary/aromatic N) is 1. The number of methoxy groups -OCH3 is 1. The molecule has 1 fully saturated rings. The molecule has 0 spiro atoms. The summed E-state index contributed by atoms with van der Waals surface area (Å²) in [6.07, 6.45) is -1.41. The van der Waals surface area contributed by atoms with Gasteiger partial charge in [-0.05, 0) is 53.7 Å². The molecule has 1 aromatic carbocycles. The van der Waals surface area contributed by atoms with Crippen molar-refractivity contribution >= 4 is 23.8 Å². The molecule has 0 aromatic heterocycles. The summed E-state index contributed by atoms with van der Waals surface area (Å²) in [7, 11) is 1.13. The van der Waals surface area contributed by atoms with Gasteiger partial charge < -0.3 is 18.9 Å². The van der Waals surface area contributed by atoms with Gasteiger partial charge in [0, 0.05) is 12.1 Å². The van der Waals surface area contributed by atoms with Crippen molar-refractivity contribution in [3.05, 3.63) is 29.1 Å². The molecule has 2 amide bonds. The van der Waals surface area contributed by atoms with Gasteiger partial charge in [-0.3, -0.25) is 10.2 Å². The molecule has 1 aliphatic heterocycles. The first-order valence-electron chi connectivity index (χ1n) is 10.2. The maximum atomic E-state index is 14.7. The molecule has 1 heterocycles. The van der Waals surface area contributed by atoms with Gasteiger partial charge in [0.2, 0.25) is 0 Å². The quantitative estimate of drug-likeness (QED) is 0.537. The predicted octanol–water partition coefficient (Wildman–Crippen LogP) is 4.27. The van der Waals surface area contributed by atoms with Crippen LogP contribution in [0.2, 0.25) is 0 Å². The Kier molecular flexibility index (Phi) is 7.71. The number of carbonyl (C=O) groups excluding carboxylic acids is 3. The summed E-state index contributed by atoms with van der Waals surface area (Å²) in [5.74, 6) is -1.79. The lowest BCUT2D eigenvalue weighted by Gasteiger charge is -2.37. The summed E-state index contributed by atoms with van der Waals surface area (Å²) in [4.78, 5) is 38.7. The van der Waals surface area contributed by atoms with E-state index in [0.29, 0.717) is 0 Å². The van der Waals surface area contributed by atoms with E-state index in [9.17, 15) is 18.8 Å². The Morgan fingerprint density at radius 2 is 1.72 bits per heavy atom. The molecule has 0 unspecified atom stereocenters.